The molecule has 1 aliphatic rings. The van der Waals surface area contributed by atoms with Crippen LogP contribution in [0.5, 0.6) is 0 Å². The second kappa shape index (κ2) is 6.31. The molecule has 0 unspecified atom stereocenters. The highest BCUT2D eigenvalue weighted by Gasteiger charge is 2.21. The monoisotopic (exact) mass is 278 g/mol. The van der Waals surface area contributed by atoms with Crippen molar-refractivity contribution in [2.24, 2.45) is 0 Å². The van der Waals surface area contributed by atoms with Gasteiger partial charge < -0.3 is 19.9 Å². The standard InChI is InChI=1S/C13H18N4O3/c1-2-3-13(18)16-8-6-15(7-9-16)11-4-5-12(14-10-11)17(19)20/h4-5,10H,2-3,6-9H2,1H3. The molecule has 1 aliphatic heterocycles. The third kappa shape index (κ3) is 3.23. The van der Waals surface area contributed by atoms with Gasteiger partial charge in [-0.15, -0.1) is 0 Å². The van der Waals surface area contributed by atoms with E-state index in [9.17, 15) is 14.9 Å². The van der Waals surface area contributed by atoms with Crippen molar-refractivity contribution in [1.82, 2.24) is 9.88 Å². The highest BCUT2D eigenvalue weighted by molar-refractivity contribution is 5.76. The average molecular weight is 278 g/mol. The summed E-state index contributed by atoms with van der Waals surface area (Å²) in [5, 5.41) is 10.6. The Bertz CT molecular complexity index is 481. The van der Waals surface area contributed by atoms with E-state index in [4.69, 9.17) is 0 Å². The van der Waals surface area contributed by atoms with Gasteiger partial charge in [0.1, 0.15) is 0 Å². The highest BCUT2D eigenvalue weighted by atomic mass is 16.6. The van der Waals surface area contributed by atoms with Crippen LogP contribution in [-0.4, -0.2) is 46.9 Å². The van der Waals surface area contributed by atoms with Crippen molar-refractivity contribution in [3.63, 3.8) is 0 Å². The van der Waals surface area contributed by atoms with Crippen LogP contribution < -0.4 is 4.90 Å². The Morgan fingerprint density at radius 3 is 2.55 bits per heavy atom. The van der Waals surface area contributed by atoms with Crippen LogP contribution in [0.2, 0.25) is 0 Å². The summed E-state index contributed by atoms with van der Waals surface area (Å²) in [5.41, 5.74) is 0.859. The molecule has 0 bridgehead atoms. The largest absolute Gasteiger partial charge is 0.365 e. The molecule has 2 heterocycles. The molecule has 0 N–H and O–H groups in total. The number of pyridine rings is 1. The van der Waals surface area contributed by atoms with Gasteiger partial charge in [-0.1, -0.05) is 6.92 Å². The number of hydrogen-bond donors (Lipinski definition) is 0. The van der Waals surface area contributed by atoms with Gasteiger partial charge in [-0.2, -0.15) is 0 Å². The summed E-state index contributed by atoms with van der Waals surface area (Å²) in [5.74, 6) is 0.0551. The third-order valence-electron chi connectivity index (χ3n) is 3.38. The Kier molecular flexibility index (Phi) is 4.49. The molecule has 1 aromatic heterocycles. The molecule has 1 aromatic rings. The second-order valence-electron chi connectivity index (χ2n) is 4.75. The third-order valence-corrected chi connectivity index (χ3v) is 3.38. The van der Waals surface area contributed by atoms with E-state index in [1.807, 2.05) is 11.8 Å². The van der Waals surface area contributed by atoms with E-state index < -0.39 is 4.92 Å². The van der Waals surface area contributed by atoms with Gasteiger partial charge in [0.2, 0.25) is 5.91 Å². The van der Waals surface area contributed by atoms with Crippen molar-refractivity contribution < 1.29 is 9.72 Å². The van der Waals surface area contributed by atoms with E-state index >= 15 is 0 Å². The first-order chi connectivity index (χ1) is 9.61. The minimum Gasteiger partial charge on any atom is -0.365 e. The van der Waals surface area contributed by atoms with Gasteiger partial charge in [-0.3, -0.25) is 4.79 Å². The maximum absolute atomic E-state index is 11.8. The first kappa shape index (κ1) is 14.2. The fourth-order valence-electron chi connectivity index (χ4n) is 2.26. The first-order valence-corrected chi connectivity index (χ1v) is 6.75. The van der Waals surface area contributed by atoms with Gasteiger partial charge in [0.05, 0.1) is 5.69 Å². The van der Waals surface area contributed by atoms with Gasteiger partial charge in [-0.05, 0) is 22.4 Å². The summed E-state index contributed by atoms with van der Waals surface area (Å²) in [6.45, 7) is 4.84. The predicted octanol–water partition coefficient (Wildman–Crippen LogP) is 1.44. The molecule has 0 atom stereocenters. The number of aromatic nitrogens is 1. The Morgan fingerprint density at radius 2 is 2.05 bits per heavy atom. The molecule has 0 aromatic carbocycles. The minimum absolute atomic E-state index is 0.148. The first-order valence-electron chi connectivity index (χ1n) is 6.75. The molecule has 7 nitrogen and oxygen atoms in total. The SMILES string of the molecule is CCCC(=O)N1CCN(c2ccc([N+](=O)[O-])nc2)CC1. The molecule has 1 fully saturated rings. The van der Waals surface area contributed by atoms with Crippen molar-refractivity contribution in [2.75, 3.05) is 31.1 Å². The fraction of sp³-hybridized carbons (Fsp3) is 0.538. The second-order valence-corrected chi connectivity index (χ2v) is 4.75. The van der Waals surface area contributed by atoms with Crippen molar-refractivity contribution in [3.8, 4) is 0 Å². The molecular weight excluding hydrogens is 260 g/mol. The number of amides is 1. The lowest BCUT2D eigenvalue weighted by Gasteiger charge is -2.35. The molecular formula is C13H18N4O3. The fourth-order valence-corrected chi connectivity index (χ4v) is 2.26. The van der Waals surface area contributed by atoms with Crippen LogP contribution in [0.4, 0.5) is 11.5 Å². The van der Waals surface area contributed by atoms with E-state index in [-0.39, 0.29) is 11.7 Å². The molecule has 0 saturated carbocycles. The van der Waals surface area contributed by atoms with Crippen molar-refractivity contribution in [1.29, 1.82) is 0 Å². The maximum atomic E-state index is 11.8. The molecule has 108 valence electrons. The van der Waals surface area contributed by atoms with Crippen molar-refractivity contribution in [2.45, 2.75) is 19.8 Å². The summed E-state index contributed by atoms with van der Waals surface area (Å²) < 4.78 is 0. The van der Waals surface area contributed by atoms with Gasteiger partial charge >= 0.3 is 5.82 Å². The smallest absolute Gasteiger partial charge is 0.363 e. The highest BCUT2D eigenvalue weighted by Crippen LogP contribution is 2.18. The predicted molar refractivity (Wildman–Crippen MR) is 74.6 cm³/mol. The van der Waals surface area contributed by atoms with Crippen molar-refractivity contribution >= 4 is 17.4 Å². The molecule has 0 aliphatic carbocycles. The summed E-state index contributed by atoms with van der Waals surface area (Å²) in [6, 6.07) is 3.11. The Balaban J connectivity index is 1.93. The Morgan fingerprint density at radius 1 is 1.35 bits per heavy atom. The average Bonchev–Trinajstić information content (AvgIpc) is 2.48. The number of carbonyl (C=O) groups is 1. The van der Waals surface area contributed by atoms with Gasteiger partial charge in [0.25, 0.3) is 0 Å². The normalized spacial score (nSPS) is 15.2. The van der Waals surface area contributed by atoms with Crippen LogP contribution in [0.3, 0.4) is 0 Å². The zero-order chi connectivity index (χ0) is 14.5. The van der Waals surface area contributed by atoms with Gasteiger partial charge in [0.15, 0.2) is 6.20 Å². The number of piperazine rings is 1. The summed E-state index contributed by atoms with van der Waals surface area (Å²) in [7, 11) is 0. The minimum atomic E-state index is -0.509. The molecule has 0 radical (unpaired) electrons. The van der Waals surface area contributed by atoms with Gasteiger partial charge in [0, 0.05) is 38.7 Å². The van der Waals surface area contributed by atoms with Crippen LogP contribution >= 0.6 is 0 Å². The molecule has 1 amide bonds. The molecule has 1 saturated heterocycles. The molecule has 20 heavy (non-hydrogen) atoms. The van der Waals surface area contributed by atoms with Gasteiger partial charge in [-0.25, -0.2) is 0 Å². The number of carbonyl (C=O) groups excluding carboxylic acids is 1. The molecule has 7 heteroatoms. The zero-order valence-electron chi connectivity index (χ0n) is 11.5. The van der Waals surface area contributed by atoms with Crippen LogP contribution in [0.25, 0.3) is 0 Å². The number of hydrogen-bond acceptors (Lipinski definition) is 5. The van der Waals surface area contributed by atoms with Crippen molar-refractivity contribution in [3.05, 3.63) is 28.4 Å². The summed E-state index contributed by atoms with van der Waals surface area (Å²) in [6.07, 6.45) is 2.98. The lowest BCUT2D eigenvalue weighted by atomic mass is 10.2. The Labute approximate surface area is 117 Å². The topological polar surface area (TPSA) is 79.6 Å². The zero-order valence-corrected chi connectivity index (χ0v) is 11.5. The number of nitro groups is 1. The van der Waals surface area contributed by atoms with E-state index in [0.717, 1.165) is 25.2 Å². The van der Waals surface area contributed by atoms with Crippen LogP contribution in [0.1, 0.15) is 19.8 Å². The maximum Gasteiger partial charge on any atom is 0.363 e. The van der Waals surface area contributed by atoms with Crippen LogP contribution in [0, 0.1) is 10.1 Å². The van der Waals surface area contributed by atoms with E-state index in [2.05, 4.69) is 9.88 Å². The lowest BCUT2D eigenvalue weighted by molar-refractivity contribution is -0.389. The van der Waals surface area contributed by atoms with E-state index in [1.165, 1.54) is 12.3 Å². The van der Waals surface area contributed by atoms with E-state index in [0.29, 0.717) is 19.5 Å². The number of nitrogens with zero attached hydrogens (tertiary/aromatic N) is 4. The number of anilines is 1. The van der Waals surface area contributed by atoms with E-state index in [1.54, 1.807) is 6.07 Å². The van der Waals surface area contributed by atoms with Crippen LogP contribution in [0.15, 0.2) is 18.3 Å². The molecule has 2 rings (SSSR count). The summed E-state index contributed by atoms with van der Waals surface area (Å²) >= 11 is 0. The quantitative estimate of drug-likeness (QED) is 0.615. The molecule has 0 spiro atoms. The Hall–Kier alpha value is -2.18. The lowest BCUT2D eigenvalue weighted by Crippen LogP contribution is -2.48. The summed E-state index contributed by atoms with van der Waals surface area (Å²) in [4.78, 5) is 29.6. The van der Waals surface area contributed by atoms with Crippen LogP contribution in [-0.2, 0) is 4.79 Å². The number of rotatable bonds is 4.